The first-order valence-electron chi connectivity index (χ1n) is 7.61. The maximum atomic E-state index is 11.9. The van der Waals surface area contributed by atoms with Crippen LogP contribution in [0.3, 0.4) is 0 Å². The lowest BCUT2D eigenvalue weighted by molar-refractivity contribution is -0.384. The second kappa shape index (κ2) is 8.94. The van der Waals surface area contributed by atoms with Crippen molar-refractivity contribution in [2.45, 2.75) is 0 Å². The van der Waals surface area contributed by atoms with Gasteiger partial charge in [0.1, 0.15) is 5.76 Å². The van der Waals surface area contributed by atoms with E-state index in [1.54, 1.807) is 0 Å². The van der Waals surface area contributed by atoms with Crippen molar-refractivity contribution >= 4 is 23.6 Å². The van der Waals surface area contributed by atoms with E-state index in [9.17, 15) is 24.5 Å². The van der Waals surface area contributed by atoms with E-state index in [0.29, 0.717) is 11.3 Å². The summed E-state index contributed by atoms with van der Waals surface area (Å²) in [5.41, 5.74) is 0.448. The zero-order valence-corrected chi connectivity index (χ0v) is 14.0. The van der Waals surface area contributed by atoms with Crippen LogP contribution < -0.4 is 10.6 Å². The molecular formula is C17H15N3O7. The van der Waals surface area contributed by atoms with Crippen molar-refractivity contribution in [3.63, 3.8) is 0 Å². The van der Waals surface area contributed by atoms with Gasteiger partial charge in [0.25, 0.3) is 11.6 Å². The van der Waals surface area contributed by atoms with Gasteiger partial charge >= 0.3 is 12.0 Å². The number of hydrogen-bond donors (Lipinski definition) is 2. The quantitative estimate of drug-likeness (QED) is 0.327. The molecule has 0 spiro atoms. The molecule has 0 fully saturated rings. The number of furan rings is 1. The standard InChI is InChI=1S/C17H15N3O7/c1-2-9-18-17(23)19-15(21)10-26-16(22)14-8-7-13(27-14)11-3-5-12(6-4-11)20(24)25/h2-8H,1,9-10H2,(H2,18,19,21,23). The summed E-state index contributed by atoms with van der Waals surface area (Å²) >= 11 is 0. The van der Waals surface area contributed by atoms with Gasteiger partial charge in [0, 0.05) is 24.2 Å². The van der Waals surface area contributed by atoms with E-state index in [1.165, 1.54) is 42.5 Å². The van der Waals surface area contributed by atoms with Crippen LogP contribution in [0, 0.1) is 10.1 Å². The second-order valence-electron chi connectivity index (χ2n) is 5.09. The molecule has 0 saturated carbocycles. The molecule has 140 valence electrons. The topological polar surface area (TPSA) is 141 Å². The molecule has 2 N–H and O–H groups in total. The molecular weight excluding hydrogens is 358 g/mol. The lowest BCUT2D eigenvalue weighted by atomic mass is 10.1. The first-order valence-corrected chi connectivity index (χ1v) is 7.61. The fourth-order valence-corrected chi connectivity index (χ4v) is 1.92. The van der Waals surface area contributed by atoms with Crippen LogP contribution in [0.4, 0.5) is 10.5 Å². The van der Waals surface area contributed by atoms with Gasteiger partial charge < -0.3 is 14.5 Å². The van der Waals surface area contributed by atoms with Gasteiger partial charge in [0.2, 0.25) is 5.76 Å². The number of urea groups is 1. The second-order valence-corrected chi connectivity index (χ2v) is 5.09. The maximum absolute atomic E-state index is 11.9. The van der Waals surface area contributed by atoms with Crippen molar-refractivity contribution in [1.29, 1.82) is 0 Å². The van der Waals surface area contributed by atoms with Gasteiger partial charge in [-0.1, -0.05) is 6.08 Å². The number of carbonyl (C=O) groups excluding carboxylic acids is 3. The SMILES string of the molecule is C=CCNC(=O)NC(=O)COC(=O)c1ccc(-c2ccc([N+](=O)[O-])cc2)o1. The van der Waals surface area contributed by atoms with Crippen LogP contribution in [0.15, 0.2) is 53.5 Å². The van der Waals surface area contributed by atoms with Gasteiger partial charge in [-0.25, -0.2) is 9.59 Å². The van der Waals surface area contributed by atoms with Crippen molar-refractivity contribution < 1.29 is 28.5 Å². The minimum absolute atomic E-state index is 0.0759. The number of esters is 1. The molecule has 0 atom stereocenters. The number of nitrogens with one attached hydrogen (secondary N) is 2. The molecule has 0 bridgehead atoms. The normalized spacial score (nSPS) is 9.93. The summed E-state index contributed by atoms with van der Waals surface area (Å²) in [5.74, 6) is -1.57. The Bertz CT molecular complexity index is 871. The van der Waals surface area contributed by atoms with Crippen molar-refractivity contribution in [1.82, 2.24) is 10.6 Å². The molecule has 0 saturated heterocycles. The molecule has 3 amide bonds. The maximum Gasteiger partial charge on any atom is 0.374 e. The summed E-state index contributed by atoms with van der Waals surface area (Å²) < 4.78 is 10.1. The van der Waals surface area contributed by atoms with Crippen LogP contribution in [-0.4, -0.2) is 36.0 Å². The summed E-state index contributed by atoms with van der Waals surface area (Å²) in [6.45, 7) is 2.91. The summed E-state index contributed by atoms with van der Waals surface area (Å²) in [6, 6.07) is 7.64. The number of benzene rings is 1. The van der Waals surface area contributed by atoms with Crippen molar-refractivity contribution in [3.8, 4) is 11.3 Å². The fraction of sp³-hybridized carbons (Fsp3) is 0.118. The first-order chi connectivity index (χ1) is 12.9. The highest BCUT2D eigenvalue weighted by Gasteiger charge is 2.16. The molecule has 0 aliphatic rings. The first kappa shape index (κ1) is 19.4. The Hall–Kier alpha value is -3.95. The van der Waals surface area contributed by atoms with Crippen molar-refractivity contribution in [2.24, 2.45) is 0 Å². The Morgan fingerprint density at radius 3 is 2.52 bits per heavy atom. The van der Waals surface area contributed by atoms with Crippen LogP contribution >= 0.6 is 0 Å². The molecule has 27 heavy (non-hydrogen) atoms. The largest absolute Gasteiger partial charge is 0.450 e. The highest BCUT2D eigenvalue weighted by atomic mass is 16.6. The molecule has 2 rings (SSSR count). The molecule has 1 aromatic carbocycles. The van der Waals surface area contributed by atoms with Crippen molar-refractivity contribution in [3.05, 3.63) is 64.9 Å². The molecule has 0 aliphatic heterocycles. The highest BCUT2D eigenvalue weighted by molar-refractivity contribution is 5.96. The summed E-state index contributed by atoms with van der Waals surface area (Å²) in [5, 5.41) is 14.9. The fourth-order valence-electron chi connectivity index (χ4n) is 1.92. The van der Waals surface area contributed by atoms with Crippen LogP contribution in [0.1, 0.15) is 10.6 Å². The monoisotopic (exact) mass is 373 g/mol. The van der Waals surface area contributed by atoms with Gasteiger partial charge in [0.05, 0.1) is 4.92 Å². The zero-order chi connectivity index (χ0) is 19.8. The number of non-ortho nitro benzene ring substituents is 1. The molecule has 1 aromatic heterocycles. The number of nitro benzene ring substituents is 1. The van der Waals surface area contributed by atoms with Gasteiger partial charge in [-0.3, -0.25) is 20.2 Å². The number of rotatable bonds is 7. The molecule has 0 unspecified atom stereocenters. The zero-order valence-electron chi connectivity index (χ0n) is 14.0. The summed E-state index contributed by atoms with van der Waals surface area (Å²) in [6.07, 6.45) is 1.43. The van der Waals surface area contributed by atoms with E-state index in [-0.39, 0.29) is 18.0 Å². The van der Waals surface area contributed by atoms with Crippen LogP contribution in [0.2, 0.25) is 0 Å². The minimum Gasteiger partial charge on any atom is -0.450 e. The van der Waals surface area contributed by atoms with Crippen LogP contribution in [-0.2, 0) is 9.53 Å². The van der Waals surface area contributed by atoms with E-state index in [1.807, 2.05) is 5.32 Å². The Kier molecular flexibility index (Phi) is 6.42. The predicted octanol–water partition coefficient (Wildman–Crippen LogP) is 2.02. The van der Waals surface area contributed by atoms with E-state index in [0.717, 1.165) is 0 Å². The van der Waals surface area contributed by atoms with Gasteiger partial charge in [-0.2, -0.15) is 0 Å². The van der Waals surface area contributed by atoms with E-state index in [2.05, 4.69) is 11.9 Å². The van der Waals surface area contributed by atoms with Gasteiger partial charge in [-0.05, 0) is 24.3 Å². The number of hydrogen-bond acceptors (Lipinski definition) is 7. The molecule has 10 nitrogen and oxygen atoms in total. The summed E-state index contributed by atoms with van der Waals surface area (Å²) in [4.78, 5) is 44.8. The average molecular weight is 373 g/mol. The molecule has 1 heterocycles. The predicted molar refractivity (Wildman–Crippen MR) is 92.8 cm³/mol. The Morgan fingerprint density at radius 2 is 1.89 bits per heavy atom. The molecule has 0 aliphatic carbocycles. The number of nitro groups is 1. The smallest absolute Gasteiger partial charge is 0.374 e. The number of imide groups is 1. The van der Waals surface area contributed by atoms with E-state index in [4.69, 9.17) is 9.15 Å². The van der Waals surface area contributed by atoms with Gasteiger partial charge in [0.15, 0.2) is 6.61 Å². The van der Waals surface area contributed by atoms with Gasteiger partial charge in [-0.15, -0.1) is 6.58 Å². The lowest BCUT2D eigenvalue weighted by Gasteiger charge is -2.05. The molecule has 10 heteroatoms. The number of nitrogens with zero attached hydrogens (tertiary/aromatic N) is 1. The third-order valence-electron chi connectivity index (χ3n) is 3.16. The highest BCUT2D eigenvalue weighted by Crippen LogP contribution is 2.24. The number of amides is 3. The Morgan fingerprint density at radius 1 is 1.19 bits per heavy atom. The third-order valence-corrected chi connectivity index (χ3v) is 3.16. The number of carbonyl (C=O) groups is 3. The molecule has 0 radical (unpaired) electrons. The Labute approximate surface area is 152 Å². The Balaban J connectivity index is 1.90. The van der Waals surface area contributed by atoms with Crippen LogP contribution in [0.5, 0.6) is 0 Å². The van der Waals surface area contributed by atoms with Crippen molar-refractivity contribution in [2.75, 3.05) is 13.2 Å². The third kappa shape index (κ3) is 5.53. The number of ether oxygens (including phenoxy) is 1. The van der Waals surface area contributed by atoms with E-state index < -0.39 is 29.4 Å². The minimum atomic E-state index is -0.898. The van der Waals surface area contributed by atoms with E-state index >= 15 is 0 Å². The summed E-state index contributed by atoms with van der Waals surface area (Å²) in [7, 11) is 0. The van der Waals surface area contributed by atoms with Crippen LogP contribution in [0.25, 0.3) is 11.3 Å². The average Bonchev–Trinajstić information content (AvgIpc) is 3.14. The molecule has 2 aromatic rings. The lowest BCUT2D eigenvalue weighted by Crippen LogP contribution is -2.41.